The van der Waals surface area contributed by atoms with E-state index in [0.29, 0.717) is 30.8 Å². The highest BCUT2D eigenvalue weighted by atomic mass is 35.5. The second-order valence-corrected chi connectivity index (χ2v) is 4.87. The summed E-state index contributed by atoms with van der Waals surface area (Å²) in [5.41, 5.74) is 1.98. The monoisotopic (exact) mass is 283 g/mol. The van der Waals surface area contributed by atoms with Crippen LogP contribution in [-0.4, -0.2) is 17.0 Å². The van der Waals surface area contributed by atoms with Gasteiger partial charge < -0.3 is 10.4 Å². The van der Waals surface area contributed by atoms with Crippen molar-refractivity contribution in [3.8, 4) is 0 Å². The highest BCUT2D eigenvalue weighted by Crippen LogP contribution is 2.16. The van der Waals surface area contributed by atoms with E-state index < -0.39 is 5.97 Å². The van der Waals surface area contributed by atoms with Crippen LogP contribution in [0.3, 0.4) is 0 Å². The molecule has 0 unspecified atom stereocenters. The summed E-state index contributed by atoms with van der Waals surface area (Å²) in [4.78, 5) is 21.8. The fraction of sp³-hybridized carbons (Fsp3) is 0.429. The number of hydrogen-bond acceptors (Lipinski definition) is 2. The van der Waals surface area contributed by atoms with Crippen molar-refractivity contribution in [1.82, 2.24) is 5.32 Å². The van der Waals surface area contributed by atoms with Gasteiger partial charge in [0, 0.05) is 24.4 Å². The van der Waals surface area contributed by atoms with E-state index in [-0.39, 0.29) is 12.3 Å². The van der Waals surface area contributed by atoms with E-state index in [0.717, 1.165) is 11.1 Å². The highest BCUT2D eigenvalue weighted by Gasteiger charge is 2.04. The first kappa shape index (κ1) is 15.5. The van der Waals surface area contributed by atoms with Crippen LogP contribution in [0.15, 0.2) is 18.2 Å². The van der Waals surface area contributed by atoms with Gasteiger partial charge in [0.15, 0.2) is 0 Å². The molecule has 0 aliphatic heterocycles. The molecular formula is C14H18ClNO3. The lowest BCUT2D eigenvalue weighted by molar-refractivity contribution is -0.137. The maximum atomic E-state index is 11.5. The minimum atomic E-state index is -0.822. The molecule has 4 nitrogen and oxygen atoms in total. The minimum absolute atomic E-state index is 0.0574. The zero-order valence-electron chi connectivity index (χ0n) is 10.9. The lowest BCUT2D eigenvalue weighted by Gasteiger charge is -2.06. The number of aryl methyl sites for hydroxylation is 1. The first-order valence-electron chi connectivity index (χ1n) is 6.22. The van der Waals surface area contributed by atoms with Crippen molar-refractivity contribution in [3.63, 3.8) is 0 Å². The number of rotatable bonds is 7. The normalized spacial score (nSPS) is 10.2. The number of carboxylic acid groups (broad SMARTS) is 1. The van der Waals surface area contributed by atoms with E-state index in [1.165, 1.54) is 0 Å². The SMILES string of the molecule is Cc1cc(CNC(=O)CCCCC(=O)O)ccc1Cl. The molecule has 5 heteroatoms. The van der Waals surface area contributed by atoms with Gasteiger partial charge in [-0.1, -0.05) is 23.7 Å². The van der Waals surface area contributed by atoms with Crippen molar-refractivity contribution >= 4 is 23.5 Å². The number of carbonyl (C=O) groups excluding carboxylic acids is 1. The first-order chi connectivity index (χ1) is 8.99. The van der Waals surface area contributed by atoms with Crippen LogP contribution in [-0.2, 0) is 16.1 Å². The molecule has 0 saturated heterocycles. The smallest absolute Gasteiger partial charge is 0.303 e. The molecule has 0 aliphatic rings. The summed E-state index contributed by atoms with van der Waals surface area (Å²) < 4.78 is 0. The molecule has 0 spiro atoms. The Morgan fingerprint density at radius 2 is 1.95 bits per heavy atom. The number of amides is 1. The summed E-state index contributed by atoms with van der Waals surface area (Å²) in [7, 11) is 0. The van der Waals surface area contributed by atoms with Gasteiger partial charge in [-0.05, 0) is 37.0 Å². The molecule has 1 amide bonds. The molecule has 0 aromatic heterocycles. The molecule has 0 heterocycles. The van der Waals surface area contributed by atoms with Gasteiger partial charge in [-0.25, -0.2) is 0 Å². The lowest BCUT2D eigenvalue weighted by Crippen LogP contribution is -2.22. The zero-order chi connectivity index (χ0) is 14.3. The Morgan fingerprint density at radius 1 is 1.26 bits per heavy atom. The van der Waals surface area contributed by atoms with Crippen molar-refractivity contribution in [2.24, 2.45) is 0 Å². The van der Waals surface area contributed by atoms with Crippen LogP contribution in [0.2, 0.25) is 5.02 Å². The van der Waals surface area contributed by atoms with Crippen molar-refractivity contribution in [3.05, 3.63) is 34.3 Å². The number of carboxylic acids is 1. The van der Waals surface area contributed by atoms with E-state index >= 15 is 0 Å². The van der Waals surface area contributed by atoms with E-state index in [9.17, 15) is 9.59 Å². The van der Waals surface area contributed by atoms with Crippen LogP contribution >= 0.6 is 11.6 Å². The summed E-state index contributed by atoms with van der Waals surface area (Å²) in [6.45, 7) is 2.38. The Morgan fingerprint density at radius 3 is 2.58 bits per heavy atom. The highest BCUT2D eigenvalue weighted by molar-refractivity contribution is 6.31. The van der Waals surface area contributed by atoms with Gasteiger partial charge in [0.2, 0.25) is 5.91 Å². The van der Waals surface area contributed by atoms with Crippen molar-refractivity contribution in [2.75, 3.05) is 0 Å². The third kappa shape index (κ3) is 6.25. The number of hydrogen-bond donors (Lipinski definition) is 2. The first-order valence-corrected chi connectivity index (χ1v) is 6.60. The van der Waals surface area contributed by atoms with Gasteiger partial charge in [0.05, 0.1) is 0 Å². The number of benzene rings is 1. The standard InChI is InChI=1S/C14H18ClNO3/c1-10-8-11(6-7-12(10)15)9-16-13(17)4-2-3-5-14(18)19/h6-8H,2-5,9H2,1H3,(H,16,17)(H,18,19). The summed E-state index contributed by atoms with van der Waals surface area (Å²) in [6, 6.07) is 5.62. The predicted molar refractivity (Wildman–Crippen MR) is 74.1 cm³/mol. The summed E-state index contributed by atoms with van der Waals surface area (Å²) in [5.74, 6) is -0.880. The minimum Gasteiger partial charge on any atom is -0.481 e. The summed E-state index contributed by atoms with van der Waals surface area (Å²) in [5, 5.41) is 12.0. The Balaban J connectivity index is 2.26. The topological polar surface area (TPSA) is 66.4 Å². The van der Waals surface area contributed by atoms with Crippen LogP contribution in [0, 0.1) is 6.92 Å². The Labute approximate surface area is 117 Å². The maximum absolute atomic E-state index is 11.5. The van der Waals surface area contributed by atoms with Crippen LogP contribution in [0.1, 0.15) is 36.8 Å². The molecule has 2 N–H and O–H groups in total. The fourth-order valence-electron chi connectivity index (χ4n) is 1.67. The molecular weight excluding hydrogens is 266 g/mol. The molecule has 0 fully saturated rings. The largest absolute Gasteiger partial charge is 0.481 e. The lowest BCUT2D eigenvalue weighted by atomic mass is 10.1. The maximum Gasteiger partial charge on any atom is 0.303 e. The van der Waals surface area contributed by atoms with E-state index in [1.807, 2.05) is 25.1 Å². The average molecular weight is 284 g/mol. The molecule has 0 bridgehead atoms. The third-order valence-corrected chi connectivity index (χ3v) is 3.18. The number of nitrogens with one attached hydrogen (secondary N) is 1. The van der Waals surface area contributed by atoms with E-state index in [1.54, 1.807) is 0 Å². The Bertz CT molecular complexity index is 460. The quantitative estimate of drug-likeness (QED) is 0.756. The second kappa shape index (κ2) is 7.79. The van der Waals surface area contributed by atoms with E-state index in [2.05, 4.69) is 5.32 Å². The van der Waals surface area contributed by atoms with Gasteiger partial charge in [-0.15, -0.1) is 0 Å². The van der Waals surface area contributed by atoms with Crippen LogP contribution < -0.4 is 5.32 Å². The molecule has 104 valence electrons. The second-order valence-electron chi connectivity index (χ2n) is 4.46. The molecule has 0 radical (unpaired) electrons. The number of halogens is 1. The van der Waals surface area contributed by atoms with Crippen molar-refractivity contribution < 1.29 is 14.7 Å². The van der Waals surface area contributed by atoms with Gasteiger partial charge in [0.1, 0.15) is 0 Å². The molecule has 0 atom stereocenters. The van der Waals surface area contributed by atoms with Gasteiger partial charge in [-0.3, -0.25) is 9.59 Å². The summed E-state index contributed by atoms with van der Waals surface area (Å²) in [6.07, 6.45) is 1.60. The zero-order valence-corrected chi connectivity index (χ0v) is 11.7. The number of carbonyl (C=O) groups is 2. The van der Waals surface area contributed by atoms with Gasteiger partial charge in [-0.2, -0.15) is 0 Å². The Hall–Kier alpha value is -1.55. The van der Waals surface area contributed by atoms with Crippen molar-refractivity contribution in [1.29, 1.82) is 0 Å². The van der Waals surface area contributed by atoms with E-state index in [4.69, 9.17) is 16.7 Å². The third-order valence-electron chi connectivity index (χ3n) is 2.76. The molecule has 0 saturated carbocycles. The fourth-order valence-corrected chi connectivity index (χ4v) is 1.79. The van der Waals surface area contributed by atoms with Crippen molar-refractivity contribution in [2.45, 2.75) is 39.2 Å². The van der Waals surface area contributed by atoms with Crippen LogP contribution in [0.25, 0.3) is 0 Å². The van der Waals surface area contributed by atoms with Crippen LogP contribution in [0.5, 0.6) is 0 Å². The number of aliphatic carboxylic acids is 1. The molecule has 1 aromatic carbocycles. The summed E-state index contributed by atoms with van der Waals surface area (Å²) >= 11 is 5.92. The molecule has 19 heavy (non-hydrogen) atoms. The molecule has 1 rings (SSSR count). The molecule has 0 aliphatic carbocycles. The predicted octanol–water partition coefficient (Wildman–Crippen LogP) is 2.91. The van der Waals surface area contributed by atoms with Crippen LogP contribution in [0.4, 0.5) is 0 Å². The van der Waals surface area contributed by atoms with Gasteiger partial charge in [0.25, 0.3) is 0 Å². The number of unbranched alkanes of at least 4 members (excludes halogenated alkanes) is 1. The average Bonchev–Trinajstić information content (AvgIpc) is 2.36. The van der Waals surface area contributed by atoms with Gasteiger partial charge >= 0.3 is 5.97 Å². The Kier molecular flexibility index (Phi) is 6.36. The molecule has 1 aromatic rings.